The van der Waals surface area contributed by atoms with E-state index in [1.54, 1.807) is 18.2 Å². The number of nitro groups is 1. The van der Waals surface area contributed by atoms with Crippen LogP contribution in [0.25, 0.3) is 0 Å². The molecule has 1 saturated heterocycles. The number of nitro benzene ring substituents is 1. The van der Waals surface area contributed by atoms with Gasteiger partial charge >= 0.3 is 5.97 Å². The van der Waals surface area contributed by atoms with Crippen molar-refractivity contribution in [2.75, 3.05) is 6.54 Å². The number of nitrogens with zero attached hydrogens (tertiary/aromatic N) is 2. The van der Waals surface area contributed by atoms with Gasteiger partial charge in [-0.05, 0) is 26.8 Å². The van der Waals surface area contributed by atoms with Crippen LogP contribution < -0.4 is 0 Å². The Morgan fingerprint density at radius 1 is 1.50 bits per heavy atom. The lowest BCUT2D eigenvalue weighted by Crippen LogP contribution is -2.35. The predicted molar refractivity (Wildman–Crippen MR) is 73.4 cm³/mol. The second-order valence-corrected chi connectivity index (χ2v) is 5.20. The van der Waals surface area contributed by atoms with E-state index in [9.17, 15) is 14.9 Å². The average Bonchev–Trinajstić information content (AvgIpc) is 2.79. The van der Waals surface area contributed by atoms with E-state index in [1.807, 2.05) is 18.7 Å². The lowest BCUT2D eigenvalue weighted by molar-refractivity contribution is -0.386. The molecule has 6 heteroatoms. The van der Waals surface area contributed by atoms with Crippen molar-refractivity contribution >= 4 is 11.7 Å². The molecule has 0 spiro atoms. The quantitative estimate of drug-likeness (QED) is 0.675. The third kappa shape index (κ3) is 2.51. The molecule has 0 amide bonds. The molecule has 108 valence electrons. The topological polar surface area (TPSA) is 83.7 Å². The van der Waals surface area contributed by atoms with Crippen LogP contribution in [0.2, 0.25) is 0 Å². The molecule has 1 aliphatic rings. The number of aliphatic carboxylic acids is 1. The monoisotopic (exact) mass is 278 g/mol. The summed E-state index contributed by atoms with van der Waals surface area (Å²) in [7, 11) is 0. The Labute approximate surface area is 117 Å². The van der Waals surface area contributed by atoms with Crippen LogP contribution >= 0.6 is 0 Å². The van der Waals surface area contributed by atoms with Gasteiger partial charge in [0, 0.05) is 23.7 Å². The van der Waals surface area contributed by atoms with Crippen molar-refractivity contribution in [3.63, 3.8) is 0 Å². The molecule has 0 radical (unpaired) electrons. The van der Waals surface area contributed by atoms with Crippen LogP contribution in [0.4, 0.5) is 5.69 Å². The van der Waals surface area contributed by atoms with Gasteiger partial charge in [0.15, 0.2) is 0 Å². The fourth-order valence-electron chi connectivity index (χ4n) is 3.03. The van der Waals surface area contributed by atoms with Gasteiger partial charge in [-0.1, -0.05) is 18.2 Å². The summed E-state index contributed by atoms with van der Waals surface area (Å²) in [6.45, 7) is 4.41. The number of rotatable bonds is 4. The molecule has 3 unspecified atom stereocenters. The molecule has 0 aliphatic carbocycles. The van der Waals surface area contributed by atoms with Crippen molar-refractivity contribution in [1.29, 1.82) is 0 Å². The van der Waals surface area contributed by atoms with Gasteiger partial charge in [-0.3, -0.25) is 19.8 Å². The largest absolute Gasteiger partial charge is 0.481 e. The van der Waals surface area contributed by atoms with E-state index in [4.69, 9.17) is 5.11 Å². The van der Waals surface area contributed by atoms with Crippen LogP contribution in [0, 0.1) is 16.0 Å². The number of likely N-dealkylation sites (tertiary alicyclic amines) is 1. The fourth-order valence-corrected chi connectivity index (χ4v) is 3.03. The zero-order chi connectivity index (χ0) is 14.9. The highest BCUT2D eigenvalue weighted by Gasteiger charge is 2.39. The van der Waals surface area contributed by atoms with Crippen LogP contribution in [0.1, 0.15) is 31.9 Å². The summed E-state index contributed by atoms with van der Waals surface area (Å²) in [5.41, 5.74) is 0.723. The van der Waals surface area contributed by atoms with Gasteiger partial charge in [0.25, 0.3) is 5.69 Å². The predicted octanol–water partition coefficient (Wildman–Crippen LogP) is 2.45. The van der Waals surface area contributed by atoms with Crippen molar-refractivity contribution in [2.45, 2.75) is 32.4 Å². The summed E-state index contributed by atoms with van der Waals surface area (Å²) in [5.74, 6) is -1.20. The minimum Gasteiger partial charge on any atom is -0.481 e. The second-order valence-electron chi connectivity index (χ2n) is 5.20. The minimum atomic E-state index is -0.797. The molecule has 1 aromatic rings. The van der Waals surface area contributed by atoms with Crippen LogP contribution in [0.3, 0.4) is 0 Å². The third-order valence-corrected chi connectivity index (χ3v) is 4.20. The van der Waals surface area contributed by atoms with Gasteiger partial charge in [-0.2, -0.15) is 0 Å². The molecule has 0 aromatic heterocycles. The van der Waals surface area contributed by atoms with Crippen molar-refractivity contribution in [3.8, 4) is 0 Å². The lowest BCUT2D eigenvalue weighted by atomic mass is 10.0. The van der Waals surface area contributed by atoms with E-state index in [0.29, 0.717) is 18.5 Å². The maximum atomic E-state index is 11.2. The van der Waals surface area contributed by atoms with Crippen LogP contribution in [-0.2, 0) is 4.79 Å². The fraction of sp³-hybridized carbons (Fsp3) is 0.500. The zero-order valence-electron chi connectivity index (χ0n) is 11.5. The Morgan fingerprint density at radius 3 is 2.70 bits per heavy atom. The molecule has 0 bridgehead atoms. The van der Waals surface area contributed by atoms with Gasteiger partial charge in [0.05, 0.1) is 10.8 Å². The summed E-state index contributed by atoms with van der Waals surface area (Å²) in [6, 6.07) is 6.35. The van der Waals surface area contributed by atoms with Gasteiger partial charge in [-0.25, -0.2) is 0 Å². The number of hydrogen-bond acceptors (Lipinski definition) is 4. The van der Waals surface area contributed by atoms with Crippen molar-refractivity contribution in [2.24, 2.45) is 5.92 Å². The molecule has 1 fully saturated rings. The van der Waals surface area contributed by atoms with E-state index in [0.717, 1.165) is 0 Å². The first-order chi connectivity index (χ1) is 9.43. The Kier molecular flexibility index (Phi) is 4.04. The Hall–Kier alpha value is -1.95. The van der Waals surface area contributed by atoms with Crippen molar-refractivity contribution in [3.05, 3.63) is 39.9 Å². The third-order valence-electron chi connectivity index (χ3n) is 4.20. The first kappa shape index (κ1) is 14.5. The maximum Gasteiger partial charge on any atom is 0.308 e. The lowest BCUT2D eigenvalue weighted by Gasteiger charge is -2.29. The number of carboxylic acid groups (broad SMARTS) is 1. The number of para-hydroxylation sites is 1. The van der Waals surface area contributed by atoms with Crippen LogP contribution in [0.5, 0.6) is 0 Å². The van der Waals surface area contributed by atoms with Crippen molar-refractivity contribution in [1.82, 2.24) is 4.90 Å². The highest BCUT2D eigenvalue weighted by atomic mass is 16.6. The average molecular weight is 278 g/mol. The number of hydrogen-bond donors (Lipinski definition) is 1. The smallest absolute Gasteiger partial charge is 0.308 e. The van der Waals surface area contributed by atoms with E-state index >= 15 is 0 Å². The first-order valence-electron chi connectivity index (χ1n) is 6.65. The highest BCUT2D eigenvalue weighted by Crippen LogP contribution is 2.35. The van der Waals surface area contributed by atoms with Gasteiger partial charge < -0.3 is 5.11 Å². The van der Waals surface area contributed by atoms with Crippen LogP contribution in [-0.4, -0.2) is 33.5 Å². The standard InChI is InChI=1S/C14H18N2O4/c1-9(11-5-3-4-6-13(11)16(19)20)15-8-7-12(10(15)2)14(17)18/h3-6,9-10,12H,7-8H2,1-2H3,(H,17,18). The van der Waals surface area contributed by atoms with Gasteiger partial charge in [0.1, 0.15) is 0 Å². The molecule has 1 N–H and O–H groups in total. The number of carbonyl (C=O) groups is 1. The minimum absolute atomic E-state index is 0.0889. The Morgan fingerprint density at radius 2 is 2.15 bits per heavy atom. The molecule has 3 atom stereocenters. The van der Waals surface area contributed by atoms with Crippen molar-refractivity contribution < 1.29 is 14.8 Å². The highest BCUT2D eigenvalue weighted by molar-refractivity contribution is 5.71. The molecule has 1 aromatic carbocycles. The van der Waals surface area contributed by atoms with Gasteiger partial charge in [-0.15, -0.1) is 0 Å². The number of carboxylic acids is 1. The SMILES string of the molecule is CC(c1ccccc1[N+](=O)[O-])N1CCC(C(=O)O)C1C. The van der Waals surface area contributed by atoms with Gasteiger partial charge in [0.2, 0.25) is 0 Å². The second kappa shape index (κ2) is 5.58. The zero-order valence-corrected chi connectivity index (χ0v) is 11.5. The molecule has 0 saturated carbocycles. The first-order valence-corrected chi connectivity index (χ1v) is 6.65. The Balaban J connectivity index is 2.27. The summed E-state index contributed by atoms with van der Waals surface area (Å²) in [4.78, 5) is 23.9. The molecule has 6 nitrogen and oxygen atoms in total. The van der Waals surface area contributed by atoms with E-state index < -0.39 is 11.9 Å². The summed E-state index contributed by atoms with van der Waals surface area (Å²) in [5, 5.41) is 20.2. The molecule has 20 heavy (non-hydrogen) atoms. The molecule has 1 heterocycles. The van der Waals surface area contributed by atoms with E-state index in [-0.39, 0.29) is 22.7 Å². The molecular weight excluding hydrogens is 260 g/mol. The maximum absolute atomic E-state index is 11.2. The normalized spacial score (nSPS) is 24.5. The molecular formula is C14H18N2O4. The van der Waals surface area contributed by atoms with E-state index in [1.165, 1.54) is 6.07 Å². The van der Waals surface area contributed by atoms with Crippen LogP contribution in [0.15, 0.2) is 24.3 Å². The summed E-state index contributed by atoms with van der Waals surface area (Å²) < 4.78 is 0. The van der Waals surface area contributed by atoms with E-state index in [2.05, 4.69) is 0 Å². The molecule has 2 rings (SSSR count). The summed E-state index contributed by atoms with van der Waals surface area (Å²) >= 11 is 0. The Bertz CT molecular complexity index is 532. The molecule has 1 aliphatic heterocycles. The number of benzene rings is 1. The summed E-state index contributed by atoms with van der Waals surface area (Å²) in [6.07, 6.45) is 0.585.